The van der Waals surface area contributed by atoms with Crippen LogP contribution in [0.3, 0.4) is 0 Å². The molecule has 3 aliphatic carbocycles. The largest absolute Gasteiger partial charge is 0.484 e. The minimum absolute atomic E-state index is 0.00365. The van der Waals surface area contributed by atoms with E-state index in [9.17, 15) is 14.7 Å². The number of benzene rings is 1. The molecule has 3 fully saturated rings. The van der Waals surface area contributed by atoms with Gasteiger partial charge in [0.25, 0.3) is 5.91 Å². The number of carbonyl (C=O) groups excluding carboxylic acids is 2. The van der Waals surface area contributed by atoms with Crippen molar-refractivity contribution in [1.29, 1.82) is 0 Å². The Kier molecular flexibility index (Phi) is 6.80. The molecule has 0 heterocycles. The molecular formula is C26H38N2O4. The Morgan fingerprint density at radius 3 is 2.50 bits per heavy atom. The molecule has 176 valence electrons. The van der Waals surface area contributed by atoms with Crippen molar-refractivity contribution in [2.24, 2.45) is 29.1 Å². The van der Waals surface area contributed by atoms with Crippen LogP contribution in [0.15, 0.2) is 30.3 Å². The van der Waals surface area contributed by atoms with E-state index in [1.54, 1.807) is 0 Å². The number of carbonyl (C=O) groups is 2. The molecule has 4 rings (SSSR count). The molecule has 3 saturated carbocycles. The van der Waals surface area contributed by atoms with Crippen molar-refractivity contribution in [2.75, 3.05) is 6.61 Å². The molecule has 0 saturated heterocycles. The van der Waals surface area contributed by atoms with Gasteiger partial charge in [0, 0.05) is 18.0 Å². The van der Waals surface area contributed by atoms with Crippen molar-refractivity contribution in [3.63, 3.8) is 0 Å². The van der Waals surface area contributed by atoms with Crippen LogP contribution in [0.25, 0.3) is 0 Å². The number of hydrogen-bond donors (Lipinski definition) is 3. The summed E-state index contributed by atoms with van der Waals surface area (Å²) >= 11 is 0. The van der Waals surface area contributed by atoms with Crippen molar-refractivity contribution >= 4 is 11.8 Å². The molecule has 0 aliphatic heterocycles. The average Bonchev–Trinajstić information content (AvgIpc) is 3.59. The Bertz CT molecular complexity index is 811. The quantitative estimate of drug-likeness (QED) is 0.605. The SMILES string of the molecule is C[C@@H]1[C@@H]2[C@@H](O)[C@H]([C@H](C)C(=O)NC3CC3)CC[C@]2(C)CC[C@@H]1NC(=O)COc1ccccc1. The van der Waals surface area contributed by atoms with Crippen LogP contribution in [0.5, 0.6) is 5.75 Å². The first-order valence-electron chi connectivity index (χ1n) is 12.2. The fraction of sp³-hybridized carbons (Fsp3) is 0.692. The van der Waals surface area contributed by atoms with Gasteiger partial charge in [0.2, 0.25) is 5.91 Å². The highest BCUT2D eigenvalue weighted by molar-refractivity contribution is 5.79. The first kappa shape index (κ1) is 23.1. The van der Waals surface area contributed by atoms with Gasteiger partial charge in [-0.1, -0.05) is 39.0 Å². The average molecular weight is 443 g/mol. The number of hydrogen-bond acceptors (Lipinski definition) is 4. The predicted octanol–water partition coefficient (Wildman–Crippen LogP) is 3.29. The molecule has 2 amide bonds. The summed E-state index contributed by atoms with van der Waals surface area (Å²) in [7, 11) is 0. The van der Waals surface area contributed by atoms with E-state index in [0.717, 1.165) is 38.5 Å². The summed E-state index contributed by atoms with van der Waals surface area (Å²) in [4.78, 5) is 25.2. The third-order valence-electron chi connectivity index (χ3n) is 8.33. The normalized spacial score (nSPS) is 35.3. The molecule has 7 atom stereocenters. The van der Waals surface area contributed by atoms with Crippen molar-refractivity contribution in [1.82, 2.24) is 10.6 Å². The highest BCUT2D eigenvalue weighted by Crippen LogP contribution is 2.55. The Morgan fingerprint density at radius 1 is 1.12 bits per heavy atom. The van der Waals surface area contributed by atoms with Crippen LogP contribution in [0.2, 0.25) is 0 Å². The molecule has 6 heteroatoms. The van der Waals surface area contributed by atoms with E-state index in [0.29, 0.717) is 11.8 Å². The molecule has 1 aromatic rings. The lowest BCUT2D eigenvalue weighted by Gasteiger charge is -2.56. The molecule has 3 aliphatic rings. The molecular weight excluding hydrogens is 404 g/mol. The molecule has 32 heavy (non-hydrogen) atoms. The van der Waals surface area contributed by atoms with E-state index in [1.807, 2.05) is 37.3 Å². The van der Waals surface area contributed by atoms with Crippen LogP contribution in [-0.4, -0.2) is 41.7 Å². The third-order valence-corrected chi connectivity index (χ3v) is 8.33. The van der Waals surface area contributed by atoms with E-state index in [1.165, 1.54) is 0 Å². The minimum Gasteiger partial charge on any atom is -0.484 e. The number of aliphatic hydroxyl groups excluding tert-OH is 1. The number of aliphatic hydroxyl groups is 1. The Labute approximate surface area is 191 Å². The first-order chi connectivity index (χ1) is 15.3. The van der Waals surface area contributed by atoms with Crippen LogP contribution in [0.1, 0.15) is 59.3 Å². The maximum Gasteiger partial charge on any atom is 0.258 e. The van der Waals surface area contributed by atoms with E-state index in [2.05, 4.69) is 24.5 Å². The van der Waals surface area contributed by atoms with Crippen LogP contribution in [0, 0.1) is 29.1 Å². The van der Waals surface area contributed by atoms with Gasteiger partial charge in [-0.15, -0.1) is 0 Å². The number of ether oxygens (including phenoxy) is 1. The number of amides is 2. The standard InChI is InChI=1S/C26H38N2O4/c1-16(25(31)27-18-9-10-18)20-11-13-26(3)14-12-21(17(2)23(26)24(20)30)28-22(29)15-32-19-7-5-4-6-8-19/h4-8,16-18,20-21,23-24,30H,9-15H2,1-3H3,(H,27,31)(H,28,29)/t16-,17-,20-,21-,23+,24-,26+/m0/s1. The second kappa shape index (κ2) is 9.42. The van der Waals surface area contributed by atoms with Crippen molar-refractivity contribution < 1.29 is 19.4 Å². The summed E-state index contributed by atoms with van der Waals surface area (Å²) in [5.41, 5.74) is 0.0454. The molecule has 0 spiro atoms. The summed E-state index contributed by atoms with van der Waals surface area (Å²) in [5.74, 6) is 0.579. The minimum atomic E-state index is -0.538. The van der Waals surface area contributed by atoms with E-state index >= 15 is 0 Å². The van der Waals surface area contributed by atoms with Crippen LogP contribution < -0.4 is 15.4 Å². The fourth-order valence-electron chi connectivity index (χ4n) is 6.17. The van der Waals surface area contributed by atoms with E-state index in [4.69, 9.17) is 4.74 Å². The highest BCUT2D eigenvalue weighted by atomic mass is 16.5. The Hall–Kier alpha value is -2.08. The zero-order valence-electron chi connectivity index (χ0n) is 19.5. The van der Waals surface area contributed by atoms with Crippen molar-refractivity contribution in [3.05, 3.63) is 30.3 Å². The molecule has 6 nitrogen and oxygen atoms in total. The summed E-state index contributed by atoms with van der Waals surface area (Å²) in [6.07, 6.45) is 5.37. The van der Waals surface area contributed by atoms with Gasteiger partial charge >= 0.3 is 0 Å². The van der Waals surface area contributed by atoms with Gasteiger partial charge in [0.1, 0.15) is 5.75 Å². The van der Waals surface area contributed by atoms with Crippen LogP contribution in [-0.2, 0) is 9.59 Å². The lowest BCUT2D eigenvalue weighted by molar-refractivity contribution is -0.144. The Morgan fingerprint density at radius 2 is 1.81 bits per heavy atom. The number of rotatable bonds is 7. The number of fused-ring (bicyclic) bond motifs is 1. The lowest BCUT2D eigenvalue weighted by atomic mass is 9.51. The zero-order valence-corrected chi connectivity index (χ0v) is 19.5. The second-order valence-electron chi connectivity index (χ2n) is 10.6. The predicted molar refractivity (Wildman–Crippen MR) is 123 cm³/mol. The highest BCUT2D eigenvalue weighted by Gasteiger charge is 2.54. The summed E-state index contributed by atoms with van der Waals surface area (Å²) in [6, 6.07) is 9.68. The van der Waals surface area contributed by atoms with Crippen LogP contribution in [0.4, 0.5) is 0 Å². The van der Waals surface area contributed by atoms with Gasteiger partial charge in [0.05, 0.1) is 6.10 Å². The molecule has 0 bridgehead atoms. The van der Waals surface area contributed by atoms with Crippen molar-refractivity contribution in [2.45, 2.75) is 77.5 Å². The molecule has 0 radical (unpaired) electrons. The van der Waals surface area contributed by atoms with Gasteiger partial charge in [-0.25, -0.2) is 0 Å². The zero-order chi connectivity index (χ0) is 22.9. The Balaban J connectivity index is 1.37. The molecule has 1 aromatic carbocycles. The third kappa shape index (κ3) is 4.95. The van der Waals surface area contributed by atoms with Gasteiger partial charge in [0.15, 0.2) is 6.61 Å². The second-order valence-corrected chi connectivity index (χ2v) is 10.6. The van der Waals surface area contributed by atoms with Crippen LogP contribution >= 0.6 is 0 Å². The number of para-hydroxylation sites is 1. The molecule has 0 aromatic heterocycles. The van der Waals surface area contributed by atoms with Gasteiger partial charge < -0.3 is 20.5 Å². The van der Waals surface area contributed by atoms with Gasteiger partial charge in [-0.2, -0.15) is 0 Å². The maximum atomic E-state index is 12.7. The molecule has 3 N–H and O–H groups in total. The molecule has 0 unspecified atom stereocenters. The monoisotopic (exact) mass is 442 g/mol. The maximum absolute atomic E-state index is 12.7. The van der Waals surface area contributed by atoms with Gasteiger partial charge in [-0.05, 0) is 73.8 Å². The van der Waals surface area contributed by atoms with Crippen molar-refractivity contribution in [3.8, 4) is 5.75 Å². The fourth-order valence-corrected chi connectivity index (χ4v) is 6.17. The van der Waals surface area contributed by atoms with Gasteiger partial charge in [-0.3, -0.25) is 9.59 Å². The topological polar surface area (TPSA) is 87.7 Å². The first-order valence-corrected chi connectivity index (χ1v) is 12.2. The summed E-state index contributed by atoms with van der Waals surface area (Å²) in [6.45, 7) is 6.37. The number of nitrogens with one attached hydrogen (secondary N) is 2. The summed E-state index contributed by atoms with van der Waals surface area (Å²) < 4.78 is 5.60. The van der Waals surface area contributed by atoms with E-state index in [-0.39, 0.29) is 53.5 Å². The summed E-state index contributed by atoms with van der Waals surface area (Å²) in [5, 5.41) is 17.7. The van der Waals surface area contributed by atoms with E-state index < -0.39 is 6.10 Å². The smallest absolute Gasteiger partial charge is 0.258 e. The lowest BCUT2D eigenvalue weighted by Crippen LogP contribution is -2.59.